The minimum Gasteiger partial charge on any atom is -0.394 e. The molecule has 2 rings (SSSR count). The van der Waals surface area contributed by atoms with Gasteiger partial charge in [-0.05, 0) is 19.4 Å². The van der Waals surface area contributed by atoms with Gasteiger partial charge in [-0.15, -0.1) is 0 Å². The molecule has 1 aromatic carbocycles. The number of rotatable bonds is 9. The van der Waals surface area contributed by atoms with Crippen LogP contribution in [-0.2, 0) is 20.8 Å². The molecule has 5 atom stereocenters. The molecule has 0 aromatic heterocycles. The van der Waals surface area contributed by atoms with Crippen LogP contribution in [0.25, 0.3) is 0 Å². The largest absolute Gasteiger partial charge is 0.394 e. The highest BCUT2D eigenvalue weighted by atomic mass is 16.8. The SMILES string of the molecule is CO[C@H]([C@@H](NCc1ccccc1)[C@H]1OC(C)(C)O[C@H]1CO)[C@H](O)CO. The van der Waals surface area contributed by atoms with Crippen LogP contribution in [0.4, 0.5) is 0 Å². The van der Waals surface area contributed by atoms with Crippen LogP contribution in [0.2, 0.25) is 0 Å². The first-order valence-electron chi connectivity index (χ1n) is 8.47. The van der Waals surface area contributed by atoms with Gasteiger partial charge in [-0.3, -0.25) is 0 Å². The average molecular weight is 355 g/mol. The predicted molar refractivity (Wildman–Crippen MR) is 91.9 cm³/mol. The van der Waals surface area contributed by atoms with E-state index in [0.29, 0.717) is 6.54 Å². The molecule has 1 heterocycles. The van der Waals surface area contributed by atoms with Crippen LogP contribution in [0, 0.1) is 0 Å². The highest BCUT2D eigenvalue weighted by Gasteiger charge is 2.48. The van der Waals surface area contributed by atoms with Crippen LogP contribution in [0.5, 0.6) is 0 Å². The summed E-state index contributed by atoms with van der Waals surface area (Å²) in [5, 5.41) is 32.5. The molecule has 0 radical (unpaired) electrons. The topological polar surface area (TPSA) is 100 Å². The quantitative estimate of drug-likeness (QED) is 0.496. The maximum atomic E-state index is 10.2. The maximum absolute atomic E-state index is 10.2. The van der Waals surface area contributed by atoms with Gasteiger partial charge < -0.3 is 34.8 Å². The molecule has 0 amide bonds. The summed E-state index contributed by atoms with van der Waals surface area (Å²) in [6.07, 6.45) is -2.93. The zero-order chi connectivity index (χ0) is 18.4. The highest BCUT2D eigenvalue weighted by Crippen LogP contribution is 2.31. The first kappa shape index (κ1) is 20.3. The third kappa shape index (κ3) is 5.21. The molecule has 1 aromatic rings. The van der Waals surface area contributed by atoms with Gasteiger partial charge >= 0.3 is 0 Å². The van der Waals surface area contributed by atoms with Crippen molar-refractivity contribution in [2.24, 2.45) is 0 Å². The summed E-state index contributed by atoms with van der Waals surface area (Å²) < 4.78 is 17.1. The van der Waals surface area contributed by atoms with Crippen molar-refractivity contribution in [3.63, 3.8) is 0 Å². The molecule has 0 spiro atoms. The number of benzene rings is 1. The van der Waals surface area contributed by atoms with Crippen molar-refractivity contribution in [2.45, 2.75) is 56.6 Å². The Hall–Kier alpha value is -1.06. The summed E-state index contributed by atoms with van der Waals surface area (Å²) in [5.74, 6) is -0.854. The van der Waals surface area contributed by atoms with Crippen LogP contribution < -0.4 is 5.32 Å². The molecule has 0 saturated carbocycles. The van der Waals surface area contributed by atoms with Crippen molar-refractivity contribution >= 4 is 0 Å². The third-order valence-electron chi connectivity index (χ3n) is 4.33. The van der Waals surface area contributed by atoms with Crippen molar-refractivity contribution in [1.82, 2.24) is 5.32 Å². The third-order valence-corrected chi connectivity index (χ3v) is 4.33. The van der Waals surface area contributed by atoms with Gasteiger partial charge in [-0.2, -0.15) is 0 Å². The minimum atomic E-state index is -1.09. The van der Waals surface area contributed by atoms with Crippen LogP contribution in [-0.4, -0.2) is 71.9 Å². The van der Waals surface area contributed by atoms with Crippen LogP contribution in [0.1, 0.15) is 19.4 Å². The summed E-state index contributed by atoms with van der Waals surface area (Å²) in [6.45, 7) is 3.40. The van der Waals surface area contributed by atoms with Gasteiger partial charge in [0.1, 0.15) is 24.4 Å². The fraction of sp³-hybridized carbons (Fsp3) is 0.667. The van der Waals surface area contributed by atoms with Gasteiger partial charge in [0.05, 0.1) is 19.3 Å². The average Bonchev–Trinajstić information content (AvgIpc) is 2.93. The van der Waals surface area contributed by atoms with Gasteiger partial charge in [0.15, 0.2) is 5.79 Å². The molecule has 1 fully saturated rings. The Balaban J connectivity index is 2.21. The number of aliphatic hydroxyl groups is 3. The Morgan fingerprint density at radius 3 is 2.44 bits per heavy atom. The highest BCUT2D eigenvalue weighted by molar-refractivity contribution is 5.14. The monoisotopic (exact) mass is 355 g/mol. The molecule has 4 N–H and O–H groups in total. The molecule has 1 aliphatic rings. The van der Waals surface area contributed by atoms with E-state index in [4.69, 9.17) is 14.2 Å². The maximum Gasteiger partial charge on any atom is 0.163 e. The molecule has 1 saturated heterocycles. The van der Waals surface area contributed by atoms with Gasteiger partial charge in [-0.25, -0.2) is 0 Å². The summed E-state index contributed by atoms with van der Waals surface area (Å²) in [5.41, 5.74) is 1.06. The summed E-state index contributed by atoms with van der Waals surface area (Å²) in [4.78, 5) is 0. The standard InChI is InChI=1S/C18H29NO6/c1-18(2)24-14(11-21)17(25-18)15(16(23-3)13(22)10-20)19-9-12-7-5-4-6-8-12/h4-8,13-17,19-22H,9-11H2,1-3H3/t13-,14+,15-,16+,17+/m1/s1. The second kappa shape index (κ2) is 9.05. The van der Waals surface area contributed by atoms with E-state index < -0.39 is 42.9 Å². The molecule has 25 heavy (non-hydrogen) atoms. The molecule has 0 unspecified atom stereocenters. The van der Waals surface area contributed by atoms with E-state index >= 15 is 0 Å². The second-order valence-electron chi connectivity index (χ2n) is 6.66. The number of methoxy groups -OCH3 is 1. The van der Waals surface area contributed by atoms with Crippen molar-refractivity contribution in [2.75, 3.05) is 20.3 Å². The van der Waals surface area contributed by atoms with Gasteiger partial charge in [0, 0.05) is 13.7 Å². The Bertz CT molecular complexity index is 512. The fourth-order valence-corrected chi connectivity index (χ4v) is 3.21. The molecule has 0 bridgehead atoms. The lowest BCUT2D eigenvalue weighted by Gasteiger charge is -2.35. The lowest BCUT2D eigenvalue weighted by atomic mass is 9.96. The van der Waals surface area contributed by atoms with Crippen molar-refractivity contribution in [1.29, 1.82) is 0 Å². The summed E-state index contributed by atoms with van der Waals surface area (Å²) in [6, 6.07) is 9.29. The summed E-state index contributed by atoms with van der Waals surface area (Å²) >= 11 is 0. The van der Waals surface area contributed by atoms with Crippen molar-refractivity contribution < 1.29 is 29.5 Å². The van der Waals surface area contributed by atoms with Crippen LogP contribution in [0.3, 0.4) is 0 Å². The number of aliphatic hydroxyl groups excluding tert-OH is 3. The summed E-state index contributed by atoms with van der Waals surface area (Å²) in [7, 11) is 1.47. The van der Waals surface area contributed by atoms with E-state index in [1.54, 1.807) is 13.8 Å². The van der Waals surface area contributed by atoms with E-state index in [1.807, 2.05) is 30.3 Å². The van der Waals surface area contributed by atoms with E-state index in [-0.39, 0.29) is 6.61 Å². The molecule has 142 valence electrons. The Labute approximate surface area is 148 Å². The molecular weight excluding hydrogens is 326 g/mol. The number of nitrogens with one attached hydrogen (secondary N) is 1. The molecule has 1 aliphatic heterocycles. The normalized spacial score (nSPS) is 26.3. The van der Waals surface area contributed by atoms with Crippen molar-refractivity contribution in [3.8, 4) is 0 Å². The smallest absolute Gasteiger partial charge is 0.163 e. The van der Waals surface area contributed by atoms with E-state index in [9.17, 15) is 15.3 Å². The van der Waals surface area contributed by atoms with Gasteiger partial charge in [-0.1, -0.05) is 30.3 Å². The first-order valence-corrected chi connectivity index (χ1v) is 8.47. The van der Waals surface area contributed by atoms with Crippen molar-refractivity contribution in [3.05, 3.63) is 35.9 Å². The van der Waals surface area contributed by atoms with Gasteiger partial charge in [0.25, 0.3) is 0 Å². The Kier molecular flexibility index (Phi) is 7.33. The molecular formula is C18H29NO6. The number of ether oxygens (including phenoxy) is 3. The molecule has 7 nitrogen and oxygen atoms in total. The molecule has 7 heteroatoms. The second-order valence-corrected chi connectivity index (χ2v) is 6.66. The van der Waals surface area contributed by atoms with Crippen LogP contribution in [0.15, 0.2) is 30.3 Å². The fourth-order valence-electron chi connectivity index (χ4n) is 3.21. The lowest BCUT2D eigenvalue weighted by Crippen LogP contribution is -2.57. The Morgan fingerprint density at radius 1 is 1.20 bits per heavy atom. The van der Waals surface area contributed by atoms with E-state index in [1.165, 1.54) is 7.11 Å². The van der Waals surface area contributed by atoms with Gasteiger partial charge in [0.2, 0.25) is 0 Å². The number of hydrogen-bond donors (Lipinski definition) is 4. The van der Waals surface area contributed by atoms with E-state index in [2.05, 4.69) is 5.32 Å². The zero-order valence-corrected chi connectivity index (χ0v) is 15.0. The number of hydrogen-bond acceptors (Lipinski definition) is 7. The first-order chi connectivity index (χ1) is 11.9. The Morgan fingerprint density at radius 2 is 1.88 bits per heavy atom. The minimum absolute atomic E-state index is 0.219. The zero-order valence-electron chi connectivity index (χ0n) is 15.0. The predicted octanol–water partition coefficient (Wildman–Crippen LogP) is 0.0254. The van der Waals surface area contributed by atoms with E-state index in [0.717, 1.165) is 5.56 Å². The van der Waals surface area contributed by atoms with Crippen LogP contribution >= 0.6 is 0 Å². The molecule has 0 aliphatic carbocycles. The lowest BCUT2D eigenvalue weighted by molar-refractivity contribution is -0.157.